The fourth-order valence-corrected chi connectivity index (χ4v) is 4.01. The fraction of sp³-hybridized carbons (Fsp3) is 0.857. The van der Waals surface area contributed by atoms with Crippen LogP contribution >= 0.6 is 0 Å². The molecule has 0 spiro atoms. The largest absolute Gasteiger partial charge is 0.481 e. The van der Waals surface area contributed by atoms with E-state index >= 15 is 0 Å². The summed E-state index contributed by atoms with van der Waals surface area (Å²) in [5, 5.41) is 11.4. The lowest BCUT2D eigenvalue weighted by molar-refractivity contribution is -0.137. The molecule has 2 N–H and O–H groups in total. The van der Waals surface area contributed by atoms with Gasteiger partial charge in [-0.15, -0.1) is 0 Å². The van der Waals surface area contributed by atoms with Crippen molar-refractivity contribution in [3.8, 4) is 0 Å². The van der Waals surface area contributed by atoms with Gasteiger partial charge in [0.2, 0.25) is 15.9 Å². The van der Waals surface area contributed by atoms with Gasteiger partial charge in [-0.1, -0.05) is 0 Å². The first-order chi connectivity index (χ1) is 10.1. The molecule has 1 heterocycles. The van der Waals surface area contributed by atoms with Gasteiger partial charge in [0.1, 0.15) is 0 Å². The zero-order valence-corrected chi connectivity index (χ0v) is 14.1. The molecule has 8 heteroatoms. The van der Waals surface area contributed by atoms with Gasteiger partial charge in [-0.3, -0.25) is 9.59 Å². The number of hydrogen-bond acceptors (Lipinski definition) is 4. The highest BCUT2D eigenvalue weighted by molar-refractivity contribution is 7.89. The highest BCUT2D eigenvalue weighted by atomic mass is 32.2. The average Bonchev–Trinajstić information content (AvgIpc) is 2.90. The van der Waals surface area contributed by atoms with Crippen molar-refractivity contribution in [3.05, 3.63) is 0 Å². The smallest absolute Gasteiger partial charge is 0.303 e. The van der Waals surface area contributed by atoms with Crippen molar-refractivity contribution >= 4 is 21.9 Å². The summed E-state index contributed by atoms with van der Waals surface area (Å²) < 4.78 is 25.5. The number of carboxylic acids is 1. The minimum atomic E-state index is -3.25. The van der Waals surface area contributed by atoms with Gasteiger partial charge < -0.3 is 10.4 Å². The van der Waals surface area contributed by atoms with Crippen LogP contribution in [-0.4, -0.2) is 54.1 Å². The second-order valence-electron chi connectivity index (χ2n) is 6.35. The molecule has 22 heavy (non-hydrogen) atoms. The standard InChI is InChI=1S/C14H26N2O5S/c1-14(2,8-7-13(18)19)15-12(17)6-5-11-22(20,21)16-9-3-4-10-16/h3-11H2,1-2H3,(H,15,17)(H,18,19). The van der Waals surface area contributed by atoms with Crippen LogP contribution in [0.5, 0.6) is 0 Å². The Morgan fingerprint density at radius 1 is 1.18 bits per heavy atom. The van der Waals surface area contributed by atoms with Crippen molar-refractivity contribution in [2.45, 2.75) is 57.9 Å². The number of carboxylic acid groups (broad SMARTS) is 1. The molecule has 0 saturated carbocycles. The van der Waals surface area contributed by atoms with Gasteiger partial charge in [-0.2, -0.15) is 0 Å². The zero-order chi connectivity index (χ0) is 16.8. The predicted octanol–water partition coefficient (Wildman–Crippen LogP) is 0.952. The highest BCUT2D eigenvalue weighted by Crippen LogP contribution is 2.15. The van der Waals surface area contributed by atoms with Crippen molar-refractivity contribution < 1.29 is 23.1 Å². The first kappa shape index (κ1) is 18.9. The lowest BCUT2D eigenvalue weighted by atomic mass is 9.98. The molecule has 1 aliphatic heterocycles. The molecule has 0 bridgehead atoms. The Morgan fingerprint density at radius 3 is 2.32 bits per heavy atom. The van der Waals surface area contributed by atoms with E-state index in [9.17, 15) is 18.0 Å². The maximum absolute atomic E-state index is 12.0. The highest BCUT2D eigenvalue weighted by Gasteiger charge is 2.26. The van der Waals surface area contributed by atoms with Crippen LogP contribution < -0.4 is 5.32 Å². The molecule has 0 aromatic rings. The Bertz CT molecular complexity index is 495. The molecule has 1 aliphatic rings. The van der Waals surface area contributed by atoms with E-state index in [1.54, 1.807) is 13.8 Å². The minimum absolute atomic E-state index is 0.0172. The van der Waals surface area contributed by atoms with E-state index in [0.29, 0.717) is 19.5 Å². The van der Waals surface area contributed by atoms with Crippen molar-refractivity contribution in [1.82, 2.24) is 9.62 Å². The third kappa shape index (κ3) is 6.74. The number of aliphatic carboxylic acids is 1. The summed E-state index contributed by atoms with van der Waals surface area (Å²) in [7, 11) is -3.25. The topological polar surface area (TPSA) is 104 Å². The van der Waals surface area contributed by atoms with E-state index in [1.807, 2.05) is 0 Å². The lowest BCUT2D eigenvalue weighted by Gasteiger charge is -2.25. The molecule has 0 radical (unpaired) electrons. The van der Waals surface area contributed by atoms with E-state index in [4.69, 9.17) is 5.11 Å². The van der Waals surface area contributed by atoms with E-state index in [1.165, 1.54) is 4.31 Å². The van der Waals surface area contributed by atoms with Crippen LogP contribution in [0.15, 0.2) is 0 Å². The maximum Gasteiger partial charge on any atom is 0.303 e. The summed E-state index contributed by atoms with van der Waals surface area (Å²) in [4.78, 5) is 22.4. The number of rotatable bonds is 9. The van der Waals surface area contributed by atoms with Crippen LogP contribution in [0.4, 0.5) is 0 Å². The van der Waals surface area contributed by atoms with Crippen LogP contribution in [-0.2, 0) is 19.6 Å². The summed E-state index contributed by atoms with van der Waals surface area (Å²) in [5.74, 6) is -1.17. The molecular weight excluding hydrogens is 308 g/mol. The fourth-order valence-electron chi connectivity index (χ4n) is 2.43. The molecule has 1 rings (SSSR count). The second kappa shape index (κ2) is 7.92. The Kier molecular flexibility index (Phi) is 6.80. The van der Waals surface area contributed by atoms with Crippen molar-refractivity contribution in [2.24, 2.45) is 0 Å². The predicted molar refractivity (Wildman–Crippen MR) is 82.9 cm³/mol. The Morgan fingerprint density at radius 2 is 1.77 bits per heavy atom. The van der Waals surface area contributed by atoms with Gasteiger partial charge in [-0.25, -0.2) is 12.7 Å². The van der Waals surface area contributed by atoms with Crippen molar-refractivity contribution in [2.75, 3.05) is 18.8 Å². The Balaban J connectivity index is 2.32. The number of hydrogen-bond donors (Lipinski definition) is 2. The van der Waals surface area contributed by atoms with Crippen LogP contribution in [0.2, 0.25) is 0 Å². The molecule has 1 saturated heterocycles. The van der Waals surface area contributed by atoms with E-state index in [-0.39, 0.29) is 30.9 Å². The molecule has 0 aromatic carbocycles. The zero-order valence-electron chi connectivity index (χ0n) is 13.3. The van der Waals surface area contributed by atoms with Gasteiger partial charge in [-0.05, 0) is 39.5 Å². The minimum Gasteiger partial charge on any atom is -0.481 e. The lowest BCUT2D eigenvalue weighted by Crippen LogP contribution is -2.43. The molecule has 0 aliphatic carbocycles. The number of carbonyl (C=O) groups is 2. The van der Waals surface area contributed by atoms with Crippen LogP contribution in [0.25, 0.3) is 0 Å². The van der Waals surface area contributed by atoms with Crippen LogP contribution in [0, 0.1) is 0 Å². The SMILES string of the molecule is CC(C)(CCC(=O)O)NC(=O)CCCS(=O)(=O)N1CCCC1. The Hall–Kier alpha value is -1.15. The number of amides is 1. The summed E-state index contributed by atoms with van der Waals surface area (Å²) in [5.41, 5.74) is -0.608. The average molecular weight is 334 g/mol. The van der Waals surface area contributed by atoms with Crippen molar-refractivity contribution in [3.63, 3.8) is 0 Å². The first-order valence-corrected chi connectivity index (χ1v) is 9.24. The molecule has 1 fully saturated rings. The summed E-state index contributed by atoms with van der Waals surface area (Å²) in [6.45, 7) is 4.68. The van der Waals surface area contributed by atoms with Crippen LogP contribution in [0.3, 0.4) is 0 Å². The third-order valence-corrected chi connectivity index (χ3v) is 5.66. The number of nitrogens with zero attached hydrogens (tertiary/aromatic N) is 1. The second-order valence-corrected chi connectivity index (χ2v) is 8.44. The third-order valence-electron chi connectivity index (χ3n) is 3.71. The molecule has 1 amide bonds. The van der Waals surface area contributed by atoms with Gasteiger partial charge in [0.15, 0.2) is 0 Å². The monoisotopic (exact) mass is 334 g/mol. The van der Waals surface area contributed by atoms with Crippen molar-refractivity contribution in [1.29, 1.82) is 0 Å². The molecule has 0 atom stereocenters. The molecule has 128 valence electrons. The summed E-state index contributed by atoms with van der Waals surface area (Å²) in [6.07, 6.45) is 2.52. The first-order valence-electron chi connectivity index (χ1n) is 7.63. The van der Waals surface area contributed by atoms with Gasteiger partial charge in [0, 0.05) is 31.5 Å². The molecule has 7 nitrogen and oxygen atoms in total. The summed E-state index contributed by atoms with van der Waals surface area (Å²) in [6, 6.07) is 0. The molecule has 0 unspecified atom stereocenters. The summed E-state index contributed by atoms with van der Waals surface area (Å²) >= 11 is 0. The normalized spacial score (nSPS) is 16.6. The van der Waals surface area contributed by atoms with E-state index in [0.717, 1.165) is 12.8 Å². The quantitative estimate of drug-likeness (QED) is 0.653. The van der Waals surface area contributed by atoms with E-state index < -0.39 is 21.5 Å². The van der Waals surface area contributed by atoms with Gasteiger partial charge in [0.25, 0.3) is 0 Å². The Labute approximate surface area is 132 Å². The number of sulfonamides is 1. The van der Waals surface area contributed by atoms with Gasteiger partial charge >= 0.3 is 5.97 Å². The number of nitrogens with one attached hydrogen (secondary N) is 1. The maximum atomic E-state index is 12.0. The molecular formula is C14H26N2O5S. The van der Waals surface area contributed by atoms with Gasteiger partial charge in [0.05, 0.1) is 5.75 Å². The molecule has 0 aromatic heterocycles. The number of carbonyl (C=O) groups excluding carboxylic acids is 1. The van der Waals surface area contributed by atoms with E-state index in [2.05, 4.69) is 5.32 Å². The van der Waals surface area contributed by atoms with Crippen LogP contribution in [0.1, 0.15) is 52.4 Å².